The molecule has 0 heterocycles. The van der Waals surface area contributed by atoms with Gasteiger partial charge in [-0.15, -0.1) is 0 Å². The van der Waals surface area contributed by atoms with Crippen molar-refractivity contribution in [3.63, 3.8) is 0 Å². The summed E-state index contributed by atoms with van der Waals surface area (Å²) in [5, 5.41) is 10.0. The maximum Gasteiger partial charge on any atom is 0.0783 e. The second kappa shape index (κ2) is 2.35. The summed E-state index contributed by atoms with van der Waals surface area (Å²) in [6.07, 6.45) is 7.78. The van der Waals surface area contributed by atoms with E-state index in [1.54, 1.807) is 5.57 Å². The quantitative estimate of drug-likeness (QED) is 0.634. The third kappa shape index (κ3) is 1.20. The molecule has 0 aromatic carbocycles. The van der Waals surface area contributed by atoms with E-state index in [0.717, 1.165) is 5.92 Å². The monoisotopic (exact) mass is 164 g/mol. The lowest BCUT2D eigenvalue weighted by Crippen LogP contribution is -2.14. The van der Waals surface area contributed by atoms with Gasteiger partial charge in [0.2, 0.25) is 0 Å². The van der Waals surface area contributed by atoms with Crippen LogP contribution in [0.15, 0.2) is 11.1 Å². The summed E-state index contributed by atoms with van der Waals surface area (Å²) in [5.74, 6) is 1.45. The molecule has 1 atom stereocenters. The van der Waals surface area contributed by atoms with Gasteiger partial charge in [0.05, 0.1) is 6.10 Å². The van der Waals surface area contributed by atoms with Crippen molar-refractivity contribution in [2.45, 2.75) is 44.6 Å². The Bertz CT molecular complexity index is 227. The van der Waals surface area contributed by atoms with E-state index in [1.807, 2.05) is 0 Å². The van der Waals surface area contributed by atoms with Crippen LogP contribution in [0.1, 0.15) is 38.5 Å². The highest BCUT2D eigenvalue weighted by molar-refractivity contribution is 5.33. The van der Waals surface area contributed by atoms with Crippen molar-refractivity contribution < 1.29 is 5.11 Å². The van der Waals surface area contributed by atoms with Crippen LogP contribution in [0.4, 0.5) is 0 Å². The molecule has 12 heavy (non-hydrogen) atoms. The van der Waals surface area contributed by atoms with Crippen molar-refractivity contribution in [2.75, 3.05) is 0 Å². The Kier molecular flexibility index (Phi) is 1.40. The third-order valence-electron chi connectivity index (χ3n) is 3.31. The van der Waals surface area contributed by atoms with E-state index in [-0.39, 0.29) is 6.10 Å². The maximum absolute atomic E-state index is 10.0. The first-order chi connectivity index (χ1) is 5.86. The maximum atomic E-state index is 10.0. The van der Waals surface area contributed by atoms with Gasteiger partial charge in [0, 0.05) is 0 Å². The van der Waals surface area contributed by atoms with Crippen LogP contribution in [0.25, 0.3) is 0 Å². The highest BCUT2D eigenvalue weighted by atomic mass is 16.3. The Hall–Kier alpha value is -0.300. The molecule has 0 radical (unpaired) electrons. The fourth-order valence-corrected chi connectivity index (χ4v) is 2.15. The van der Waals surface area contributed by atoms with Crippen molar-refractivity contribution in [2.24, 2.45) is 11.8 Å². The van der Waals surface area contributed by atoms with Crippen LogP contribution in [0.3, 0.4) is 0 Å². The largest absolute Gasteiger partial charge is 0.388 e. The van der Waals surface area contributed by atoms with E-state index in [4.69, 9.17) is 0 Å². The van der Waals surface area contributed by atoms with Crippen molar-refractivity contribution in [3.05, 3.63) is 11.1 Å². The van der Waals surface area contributed by atoms with Gasteiger partial charge < -0.3 is 5.11 Å². The lowest BCUT2D eigenvalue weighted by Gasteiger charge is -2.13. The highest BCUT2D eigenvalue weighted by Gasteiger charge is 2.41. The molecule has 1 nitrogen and oxygen atoms in total. The number of aliphatic hydroxyl groups excluding tert-OH is 1. The first kappa shape index (κ1) is 7.14. The summed E-state index contributed by atoms with van der Waals surface area (Å²) in [6, 6.07) is 0. The molecule has 1 unspecified atom stereocenters. The highest BCUT2D eigenvalue weighted by Crippen LogP contribution is 2.50. The molecular weight excluding hydrogens is 148 g/mol. The van der Waals surface area contributed by atoms with Crippen molar-refractivity contribution in [1.29, 1.82) is 0 Å². The number of hydrogen-bond acceptors (Lipinski definition) is 1. The summed E-state index contributed by atoms with van der Waals surface area (Å²) in [5.41, 5.74) is 3.09. The van der Waals surface area contributed by atoms with Crippen LogP contribution in [0.2, 0.25) is 0 Å². The van der Waals surface area contributed by atoms with Gasteiger partial charge in [0.15, 0.2) is 0 Å². The van der Waals surface area contributed by atoms with Crippen molar-refractivity contribution in [3.8, 4) is 0 Å². The molecule has 3 aliphatic rings. The summed E-state index contributed by atoms with van der Waals surface area (Å²) in [6.45, 7) is 0. The van der Waals surface area contributed by atoms with E-state index in [2.05, 4.69) is 0 Å². The fourth-order valence-electron chi connectivity index (χ4n) is 2.15. The first-order valence-electron chi connectivity index (χ1n) is 5.26. The number of hydrogen-bond donors (Lipinski definition) is 1. The van der Waals surface area contributed by atoms with E-state index in [1.165, 1.54) is 44.1 Å². The molecule has 0 saturated heterocycles. The zero-order valence-electron chi connectivity index (χ0n) is 7.42. The Morgan fingerprint density at radius 3 is 2.25 bits per heavy atom. The van der Waals surface area contributed by atoms with Crippen LogP contribution >= 0.6 is 0 Å². The molecule has 3 aliphatic carbocycles. The molecule has 0 aromatic heterocycles. The Morgan fingerprint density at radius 2 is 1.83 bits per heavy atom. The molecule has 0 spiro atoms. The van der Waals surface area contributed by atoms with Crippen LogP contribution in [-0.4, -0.2) is 11.2 Å². The molecule has 1 N–H and O–H groups in total. The summed E-state index contributed by atoms with van der Waals surface area (Å²) in [4.78, 5) is 0. The van der Waals surface area contributed by atoms with E-state index >= 15 is 0 Å². The normalized spacial score (nSPS) is 30.2. The van der Waals surface area contributed by atoms with Crippen LogP contribution in [-0.2, 0) is 0 Å². The van der Waals surface area contributed by atoms with Gasteiger partial charge in [-0.2, -0.15) is 0 Å². The number of aliphatic hydroxyl groups is 1. The van der Waals surface area contributed by atoms with Gasteiger partial charge in [-0.05, 0) is 55.9 Å². The van der Waals surface area contributed by atoms with E-state index < -0.39 is 0 Å². The molecule has 66 valence electrons. The third-order valence-corrected chi connectivity index (χ3v) is 3.31. The van der Waals surface area contributed by atoms with Gasteiger partial charge in [-0.1, -0.05) is 5.57 Å². The molecule has 0 bridgehead atoms. The fraction of sp³-hybridized carbons (Fsp3) is 0.818. The SMILES string of the molecule is OC(C(=C1CC1)C1CC1)C1CC1. The van der Waals surface area contributed by atoms with Gasteiger partial charge in [0.25, 0.3) is 0 Å². The van der Waals surface area contributed by atoms with Gasteiger partial charge in [-0.3, -0.25) is 0 Å². The average Bonchev–Trinajstić information content (AvgIpc) is 2.90. The minimum absolute atomic E-state index is 0.0324. The number of rotatable bonds is 3. The van der Waals surface area contributed by atoms with Crippen LogP contribution in [0, 0.1) is 11.8 Å². The lowest BCUT2D eigenvalue weighted by atomic mass is 10.00. The molecule has 3 rings (SSSR count). The summed E-state index contributed by atoms with van der Waals surface area (Å²) in [7, 11) is 0. The predicted molar refractivity (Wildman–Crippen MR) is 47.7 cm³/mol. The molecule has 0 amide bonds. The van der Waals surface area contributed by atoms with Gasteiger partial charge in [0.1, 0.15) is 0 Å². The molecule has 3 saturated carbocycles. The minimum Gasteiger partial charge on any atom is -0.388 e. The number of allylic oxidation sites excluding steroid dienone is 1. The van der Waals surface area contributed by atoms with Gasteiger partial charge >= 0.3 is 0 Å². The minimum atomic E-state index is -0.0324. The summed E-state index contributed by atoms with van der Waals surface area (Å²) < 4.78 is 0. The van der Waals surface area contributed by atoms with Crippen molar-refractivity contribution in [1.82, 2.24) is 0 Å². The second-order valence-corrected chi connectivity index (χ2v) is 4.62. The van der Waals surface area contributed by atoms with Crippen LogP contribution < -0.4 is 0 Å². The Labute approximate surface area is 73.5 Å². The summed E-state index contributed by atoms with van der Waals surface area (Å²) >= 11 is 0. The molecular formula is C11H16O. The van der Waals surface area contributed by atoms with Crippen molar-refractivity contribution >= 4 is 0 Å². The van der Waals surface area contributed by atoms with E-state index in [0.29, 0.717) is 5.92 Å². The van der Waals surface area contributed by atoms with Crippen LogP contribution in [0.5, 0.6) is 0 Å². The molecule has 1 heteroatoms. The topological polar surface area (TPSA) is 20.2 Å². The average molecular weight is 164 g/mol. The first-order valence-corrected chi connectivity index (χ1v) is 5.26. The molecule has 0 aromatic rings. The zero-order chi connectivity index (χ0) is 8.13. The Balaban J connectivity index is 1.80. The second-order valence-electron chi connectivity index (χ2n) is 4.62. The van der Waals surface area contributed by atoms with E-state index in [9.17, 15) is 5.11 Å². The molecule has 0 aliphatic heterocycles. The zero-order valence-corrected chi connectivity index (χ0v) is 7.42. The molecule has 3 fully saturated rings. The lowest BCUT2D eigenvalue weighted by molar-refractivity contribution is 0.180. The Morgan fingerprint density at radius 1 is 1.17 bits per heavy atom. The predicted octanol–water partition coefficient (Wildman–Crippen LogP) is 2.26. The van der Waals surface area contributed by atoms with Gasteiger partial charge in [-0.25, -0.2) is 0 Å². The standard InChI is InChI=1S/C11H16O/c12-11(9-5-6-9)10(7-1-2-7)8-3-4-8/h7,9,11-12H,1-6H2. The smallest absolute Gasteiger partial charge is 0.0783 e.